The standard InChI is InChI=1S/C17H20FNO5S/c1-22-15-8-9-17(16(12-15)23-2)25(20,21)19-10-3-11-24-14-6-4-13(18)5-7-14/h4-9,12,19H,3,10-11H2,1-2H3. The van der Waals surface area contributed by atoms with Crippen molar-refractivity contribution in [2.45, 2.75) is 11.3 Å². The maximum absolute atomic E-state index is 12.8. The summed E-state index contributed by atoms with van der Waals surface area (Å²) in [6.45, 7) is 0.493. The lowest BCUT2D eigenvalue weighted by Gasteiger charge is -2.12. The molecule has 0 atom stereocenters. The first-order valence-electron chi connectivity index (χ1n) is 7.56. The Kier molecular flexibility index (Phi) is 6.60. The number of ether oxygens (including phenoxy) is 3. The van der Waals surface area contributed by atoms with Crippen LogP contribution in [0.1, 0.15) is 6.42 Å². The van der Waals surface area contributed by atoms with Gasteiger partial charge in [-0.2, -0.15) is 0 Å². The van der Waals surface area contributed by atoms with Crippen LogP contribution < -0.4 is 18.9 Å². The minimum absolute atomic E-state index is 0.0373. The summed E-state index contributed by atoms with van der Waals surface area (Å²) >= 11 is 0. The van der Waals surface area contributed by atoms with Crippen LogP contribution in [-0.4, -0.2) is 35.8 Å². The van der Waals surface area contributed by atoms with Gasteiger partial charge in [0.2, 0.25) is 10.0 Å². The highest BCUT2D eigenvalue weighted by Crippen LogP contribution is 2.28. The molecule has 0 bridgehead atoms. The zero-order valence-corrected chi connectivity index (χ0v) is 14.8. The molecule has 0 spiro atoms. The summed E-state index contributed by atoms with van der Waals surface area (Å²) in [4.78, 5) is 0.0373. The Morgan fingerprint density at radius 3 is 2.32 bits per heavy atom. The molecule has 0 heterocycles. The van der Waals surface area contributed by atoms with Crippen LogP contribution in [0, 0.1) is 5.82 Å². The van der Waals surface area contributed by atoms with Gasteiger partial charge in [-0.1, -0.05) is 0 Å². The Bertz CT molecular complexity index is 793. The predicted molar refractivity (Wildman–Crippen MR) is 91.2 cm³/mol. The summed E-state index contributed by atoms with van der Waals surface area (Å²) in [5.41, 5.74) is 0. The molecule has 2 aromatic rings. The molecule has 0 aliphatic heterocycles. The zero-order chi connectivity index (χ0) is 18.3. The van der Waals surface area contributed by atoms with E-state index in [1.54, 1.807) is 6.07 Å². The number of halogens is 1. The van der Waals surface area contributed by atoms with Gasteiger partial charge in [-0.3, -0.25) is 0 Å². The topological polar surface area (TPSA) is 73.9 Å². The molecule has 0 amide bonds. The van der Waals surface area contributed by atoms with E-state index in [2.05, 4.69) is 4.72 Å². The third-order valence-electron chi connectivity index (χ3n) is 3.36. The van der Waals surface area contributed by atoms with Gasteiger partial charge in [-0.05, 0) is 42.8 Å². The van der Waals surface area contributed by atoms with Gasteiger partial charge >= 0.3 is 0 Å². The molecule has 8 heteroatoms. The van der Waals surface area contributed by atoms with E-state index < -0.39 is 10.0 Å². The van der Waals surface area contributed by atoms with E-state index in [0.29, 0.717) is 24.5 Å². The molecule has 0 saturated heterocycles. The smallest absolute Gasteiger partial charge is 0.244 e. The maximum atomic E-state index is 12.8. The van der Waals surface area contributed by atoms with Crippen LogP contribution in [0.2, 0.25) is 0 Å². The first-order chi connectivity index (χ1) is 12.0. The molecule has 6 nitrogen and oxygen atoms in total. The third-order valence-corrected chi connectivity index (χ3v) is 4.86. The summed E-state index contributed by atoms with van der Waals surface area (Å²) in [5, 5.41) is 0. The Morgan fingerprint density at radius 2 is 1.68 bits per heavy atom. The molecular formula is C17H20FNO5S. The summed E-state index contributed by atoms with van der Waals surface area (Å²) in [6, 6.07) is 10.1. The molecule has 0 aliphatic carbocycles. The second kappa shape index (κ2) is 8.68. The maximum Gasteiger partial charge on any atom is 0.244 e. The first-order valence-corrected chi connectivity index (χ1v) is 9.04. The molecule has 0 fully saturated rings. The van der Waals surface area contributed by atoms with Crippen molar-refractivity contribution in [2.24, 2.45) is 0 Å². The summed E-state index contributed by atoms with van der Waals surface area (Å²) < 4.78 is 55.6. The van der Waals surface area contributed by atoms with Crippen LogP contribution in [-0.2, 0) is 10.0 Å². The molecule has 0 radical (unpaired) electrons. The number of methoxy groups -OCH3 is 2. The fourth-order valence-electron chi connectivity index (χ4n) is 2.07. The fraction of sp³-hybridized carbons (Fsp3) is 0.294. The molecule has 136 valence electrons. The van der Waals surface area contributed by atoms with E-state index in [-0.39, 0.29) is 23.0 Å². The van der Waals surface area contributed by atoms with Crippen LogP contribution >= 0.6 is 0 Å². The number of benzene rings is 2. The molecule has 25 heavy (non-hydrogen) atoms. The number of sulfonamides is 1. The van der Waals surface area contributed by atoms with Gasteiger partial charge in [0.05, 0.1) is 20.8 Å². The normalized spacial score (nSPS) is 11.2. The fourth-order valence-corrected chi connectivity index (χ4v) is 3.30. The SMILES string of the molecule is COc1ccc(S(=O)(=O)NCCCOc2ccc(F)cc2)c(OC)c1. The quantitative estimate of drug-likeness (QED) is 0.688. The summed E-state index contributed by atoms with van der Waals surface area (Å²) in [6.07, 6.45) is 0.453. The third kappa shape index (κ3) is 5.33. The van der Waals surface area contributed by atoms with Crippen molar-refractivity contribution in [1.82, 2.24) is 4.72 Å². The summed E-state index contributed by atoms with van der Waals surface area (Å²) in [5.74, 6) is 0.896. The first kappa shape index (κ1) is 19.0. The van der Waals surface area contributed by atoms with Crippen molar-refractivity contribution in [3.8, 4) is 17.2 Å². The minimum Gasteiger partial charge on any atom is -0.497 e. The van der Waals surface area contributed by atoms with Crippen molar-refractivity contribution in [3.63, 3.8) is 0 Å². The zero-order valence-electron chi connectivity index (χ0n) is 14.0. The van der Waals surface area contributed by atoms with Gasteiger partial charge in [0.25, 0.3) is 0 Å². The van der Waals surface area contributed by atoms with Crippen LogP contribution in [0.3, 0.4) is 0 Å². The second-order valence-electron chi connectivity index (χ2n) is 5.07. The lowest BCUT2D eigenvalue weighted by Crippen LogP contribution is -2.26. The van der Waals surface area contributed by atoms with Crippen molar-refractivity contribution in [1.29, 1.82) is 0 Å². The highest BCUT2D eigenvalue weighted by Gasteiger charge is 2.19. The van der Waals surface area contributed by atoms with Crippen molar-refractivity contribution < 1.29 is 27.0 Å². The van der Waals surface area contributed by atoms with Crippen molar-refractivity contribution in [3.05, 3.63) is 48.3 Å². The Morgan fingerprint density at radius 1 is 1.00 bits per heavy atom. The van der Waals surface area contributed by atoms with Gasteiger partial charge in [0.15, 0.2) is 0 Å². The highest BCUT2D eigenvalue weighted by atomic mass is 32.2. The molecule has 0 unspecified atom stereocenters. The highest BCUT2D eigenvalue weighted by molar-refractivity contribution is 7.89. The number of hydrogen-bond donors (Lipinski definition) is 1. The lowest BCUT2D eigenvalue weighted by atomic mass is 10.3. The predicted octanol–water partition coefficient (Wildman–Crippen LogP) is 2.59. The molecule has 2 rings (SSSR count). The second-order valence-corrected chi connectivity index (χ2v) is 6.81. The van der Waals surface area contributed by atoms with E-state index in [9.17, 15) is 12.8 Å². The average molecular weight is 369 g/mol. The Hall–Kier alpha value is -2.32. The van der Waals surface area contributed by atoms with Crippen LogP contribution in [0.25, 0.3) is 0 Å². The summed E-state index contributed by atoms with van der Waals surface area (Å²) in [7, 11) is -0.833. The minimum atomic E-state index is -3.71. The van der Waals surface area contributed by atoms with E-state index in [0.717, 1.165) is 0 Å². The van der Waals surface area contributed by atoms with E-state index in [1.165, 1.54) is 50.6 Å². The number of nitrogens with one attached hydrogen (secondary N) is 1. The average Bonchev–Trinajstić information content (AvgIpc) is 2.62. The van der Waals surface area contributed by atoms with Gasteiger partial charge < -0.3 is 14.2 Å². The monoisotopic (exact) mass is 369 g/mol. The Labute approximate surface area is 146 Å². The van der Waals surface area contributed by atoms with Crippen LogP contribution in [0.4, 0.5) is 4.39 Å². The lowest BCUT2D eigenvalue weighted by molar-refractivity contribution is 0.311. The van der Waals surface area contributed by atoms with E-state index in [4.69, 9.17) is 14.2 Å². The van der Waals surface area contributed by atoms with Gasteiger partial charge in [-0.15, -0.1) is 0 Å². The van der Waals surface area contributed by atoms with Gasteiger partial charge in [-0.25, -0.2) is 17.5 Å². The van der Waals surface area contributed by atoms with E-state index >= 15 is 0 Å². The van der Waals surface area contributed by atoms with Gasteiger partial charge in [0.1, 0.15) is 28.0 Å². The molecule has 2 aromatic carbocycles. The van der Waals surface area contributed by atoms with Crippen molar-refractivity contribution >= 4 is 10.0 Å². The largest absolute Gasteiger partial charge is 0.497 e. The van der Waals surface area contributed by atoms with E-state index in [1.807, 2.05) is 0 Å². The molecule has 1 N–H and O–H groups in total. The van der Waals surface area contributed by atoms with Crippen molar-refractivity contribution in [2.75, 3.05) is 27.4 Å². The molecule has 0 aromatic heterocycles. The van der Waals surface area contributed by atoms with Crippen LogP contribution in [0.15, 0.2) is 47.4 Å². The number of rotatable bonds is 9. The molecular weight excluding hydrogens is 349 g/mol. The Balaban J connectivity index is 1.88. The van der Waals surface area contributed by atoms with Crippen LogP contribution in [0.5, 0.6) is 17.2 Å². The number of hydrogen-bond acceptors (Lipinski definition) is 5. The molecule has 0 saturated carbocycles. The van der Waals surface area contributed by atoms with Gasteiger partial charge in [0, 0.05) is 12.6 Å². The molecule has 0 aliphatic rings.